The van der Waals surface area contributed by atoms with Crippen molar-refractivity contribution in [3.05, 3.63) is 42.7 Å². The highest BCUT2D eigenvalue weighted by molar-refractivity contribution is 7.90. The van der Waals surface area contributed by atoms with Gasteiger partial charge in [-0.1, -0.05) is 6.07 Å². The molecule has 36 heavy (non-hydrogen) atoms. The third kappa shape index (κ3) is 6.94. The lowest BCUT2D eigenvalue weighted by atomic mass is 9.91. The van der Waals surface area contributed by atoms with Crippen LogP contribution in [0.3, 0.4) is 0 Å². The van der Waals surface area contributed by atoms with E-state index >= 15 is 0 Å². The van der Waals surface area contributed by atoms with Crippen molar-refractivity contribution in [2.45, 2.75) is 50.6 Å². The van der Waals surface area contributed by atoms with E-state index < -0.39 is 9.84 Å². The lowest BCUT2D eigenvalue weighted by Crippen LogP contribution is -2.40. The number of ether oxygens (including phenoxy) is 1. The molecule has 194 valence electrons. The Bertz CT molecular complexity index is 1280. The quantitative estimate of drug-likeness (QED) is 0.331. The molecule has 1 saturated carbocycles. The molecule has 0 spiro atoms. The van der Waals surface area contributed by atoms with E-state index in [0.717, 1.165) is 42.4 Å². The van der Waals surface area contributed by atoms with Gasteiger partial charge >= 0.3 is 0 Å². The van der Waals surface area contributed by atoms with Crippen molar-refractivity contribution in [2.75, 3.05) is 30.5 Å². The van der Waals surface area contributed by atoms with E-state index in [9.17, 15) is 13.2 Å². The van der Waals surface area contributed by atoms with Gasteiger partial charge in [-0.15, -0.1) is 0 Å². The molecule has 1 aliphatic carbocycles. The average molecular weight is 515 g/mol. The maximum atomic E-state index is 11.8. The number of benzene rings is 1. The Balaban J connectivity index is 1.39. The second-order valence-corrected chi connectivity index (χ2v) is 11.5. The zero-order valence-electron chi connectivity index (χ0n) is 20.5. The molecule has 4 N–H and O–H groups in total. The predicted molar refractivity (Wildman–Crippen MR) is 140 cm³/mol. The smallest absolute Gasteiger partial charge is 0.224 e. The summed E-state index contributed by atoms with van der Waals surface area (Å²) in [4.78, 5) is 20.9. The number of nitrogens with one attached hydrogen (secondary N) is 2. The monoisotopic (exact) mass is 514 g/mol. The van der Waals surface area contributed by atoms with E-state index in [1.54, 1.807) is 6.20 Å². The summed E-state index contributed by atoms with van der Waals surface area (Å²) in [6.07, 6.45) is 9.37. The van der Waals surface area contributed by atoms with E-state index in [-0.39, 0.29) is 23.7 Å². The molecule has 1 fully saturated rings. The average Bonchev–Trinajstić information content (AvgIpc) is 3.28. The molecule has 10 nitrogen and oxygen atoms in total. The van der Waals surface area contributed by atoms with E-state index in [1.807, 2.05) is 41.1 Å². The fraction of sp³-hybridized carbons (Fsp3) is 0.480. The Kier molecular flexibility index (Phi) is 8.42. The van der Waals surface area contributed by atoms with Crippen molar-refractivity contribution in [3.8, 4) is 11.6 Å². The minimum atomic E-state index is -3.00. The maximum absolute atomic E-state index is 11.8. The second-order valence-electron chi connectivity index (χ2n) is 9.24. The molecule has 0 saturated heterocycles. The standard InChI is InChI=1S/C25H34N6O4S/c1-36(33,34)17-3-16-35-22-5-2-4-21-20(22)12-15-31(21)23-11-14-27-25(30-23)29-19-8-6-18(7-9-19)28-24(32)10-13-26/h2,4-5,11-12,14-15,18-19H,3,6-10,13,16-17,26H2,1H3,(H,28,32)(H,27,29,30)/t18-,19-. The van der Waals surface area contributed by atoms with Crippen LogP contribution in [0.1, 0.15) is 38.5 Å². The fourth-order valence-electron chi connectivity index (χ4n) is 4.52. The predicted octanol–water partition coefficient (Wildman–Crippen LogP) is 2.42. The Hall–Kier alpha value is -3.18. The van der Waals surface area contributed by atoms with Gasteiger partial charge in [0, 0.05) is 49.1 Å². The van der Waals surface area contributed by atoms with Crippen LogP contribution < -0.4 is 21.1 Å². The van der Waals surface area contributed by atoms with E-state index in [4.69, 9.17) is 15.5 Å². The molecule has 0 atom stereocenters. The first kappa shape index (κ1) is 25.9. The summed E-state index contributed by atoms with van der Waals surface area (Å²) in [5, 5.41) is 7.43. The maximum Gasteiger partial charge on any atom is 0.224 e. The normalized spacial score (nSPS) is 18.2. The number of anilines is 1. The van der Waals surface area contributed by atoms with Gasteiger partial charge in [-0.25, -0.2) is 13.4 Å². The summed E-state index contributed by atoms with van der Waals surface area (Å²) < 4.78 is 30.6. The van der Waals surface area contributed by atoms with Crippen LogP contribution >= 0.6 is 0 Å². The first-order valence-corrected chi connectivity index (χ1v) is 14.4. The Morgan fingerprint density at radius 2 is 1.94 bits per heavy atom. The minimum Gasteiger partial charge on any atom is -0.493 e. The summed E-state index contributed by atoms with van der Waals surface area (Å²) >= 11 is 0. The number of aromatic nitrogens is 3. The number of fused-ring (bicyclic) bond motifs is 1. The minimum absolute atomic E-state index is 0.0198. The van der Waals surface area contributed by atoms with E-state index in [2.05, 4.69) is 15.6 Å². The summed E-state index contributed by atoms with van der Waals surface area (Å²) in [6.45, 7) is 0.699. The summed E-state index contributed by atoms with van der Waals surface area (Å²) in [5.74, 6) is 2.14. The summed E-state index contributed by atoms with van der Waals surface area (Å²) in [7, 11) is -3.00. The van der Waals surface area contributed by atoms with E-state index in [0.29, 0.717) is 37.7 Å². The van der Waals surface area contributed by atoms with Crippen molar-refractivity contribution < 1.29 is 17.9 Å². The van der Waals surface area contributed by atoms with E-state index in [1.165, 1.54) is 6.26 Å². The van der Waals surface area contributed by atoms with Crippen LogP contribution in [-0.4, -0.2) is 66.1 Å². The molecule has 1 aromatic carbocycles. The second kappa shape index (κ2) is 11.7. The highest BCUT2D eigenvalue weighted by Gasteiger charge is 2.23. The lowest BCUT2D eigenvalue weighted by molar-refractivity contribution is -0.121. The number of nitrogens with two attached hydrogens (primary N) is 1. The molecule has 2 heterocycles. The van der Waals surface area contributed by atoms with Gasteiger partial charge < -0.3 is 25.7 Å². The number of hydrogen-bond acceptors (Lipinski definition) is 8. The number of sulfone groups is 1. The van der Waals surface area contributed by atoms with Gasteiger partial charge in [-0.2, -0.15) is 4.98 Å². The van der Waals surface area contributed by atoms with Crippen molar-refractivity contribution in [1.82, 2.24) is 19.9 Å². The Morgan fingerprint density at radius 3 is 2.69 bits per heavy atom. The SMILES string of the molecule is CS(=O)(=O)CCCOc1cccc2c1ccn2-c1ccnc(N[C@H]2CC[C@H](NC(=O)CCN)CC2)n1. The molecule has 3 aromatic rings. The number of rotatable bonds is 11. The van der Waals surface area contributed by atoms with Crippen molar-refractivity contribution in [1.29, 1.82) is 0 Å². The van der Waals surface area contributed by atoms with Gasteiger partial charge in [0.15, 0.2) is 0 Å². The Morgan fingerprint density at radius 1 is 1.17 bits per heavy atom. The molecular formula is C25H34N6O4S. The third-order valence-corrected chi connectivity index (χ3v) is 7.32. The largest absolute Gasteiger partial charge is 0.493 e. The first-order valence-electron chi connectivity index (χ1n) is 12.3. The summed E-state index contributed by atoms with van der Waals surface area (Å²) in [5.41, 5.74) is 6.39. The zero-order chi connectivity index (χ0) is 25.5. The van der Waals surface area contributed by atoms with Crippen molar-refractivity contribution in [3.63, 3.8) is 0 Å². The Labute approximate surface area is 211 Å². The molecule has 1 amide bonds. The molecule has 0 radical (unpaired) electrons. The first-order chi connectivity index (χ1) is 17.3. The van der Waals surface area contributed by atoms with Gasteiger partial charge in [0.05, 0.1) is 17.9 Å². The van der Waals surface area contributed by atoms with Crippen LogP contribution in [0.5, 0.6) is 5.75 Å². The number of nitrogens with zero attached hydrogens (tertiary/aromatic N) is 3. The van der Waals surface area contributed by atoms with Crippen LogP contribution in [0, 0.1) is 0 Å². The van der Waals surface area contributed by atoms with Gasteiger partial charge in [0.25, 0.3) is 0 Å². The van der Waals surface area contributed by atoms with Crippen LogP contribution in [0.4, 0.5) is 5.95 Å². The number of carbonyl (C=O) groups is 1. The lowest BCUT2D eigenvalue weighted by Gasteiger charge is -2.29. The number of carbonyl (C=O) groups excluding carboxylic acids is 1. The van der Waals surface area contributed by atoms with Crippen molar-refractivity contribution >= 4 is 32.6 Å². The van der Waals surface area contributed by atoms with Crippen molar-refractivity contribution in [2.24, 2.45) is 5.73 Å². The molecular weight excluding hydrogens is 480 g/mol. The van der Waals surface area contributed by atoms with Crippen LogP contribution in [-0.2, 0) is 14.6 Å². The topological polar surface area (TPSA) is 141 Å². The highest BCUT2D eigenvalue weighted by Crippen LogP contribution is 2.29. The number of amides is 1. The third-order valence-electron chi connectivity index (χ3n) is 6.29. The highest BCUT2D eigenvalue weighted by atomic mass is 32.2. The fourth-order valence-corrected chi connectivity index (χ4v) is 5.16. The zero-order valence-corrected chi connectivity index (χ0v) is 21.3. The van der Waals surface area contributed by atoms with Gasteiger partial charge in [0.2, 0.25) is 11.9 Å². The molecule has 0 bridgehead atoms. The van der Waals surface area contributed by atoms with Gasteiger partial charge in [-0.05, 0) is 56.4 Å². The number of hydrogen-bond donors (Lipinski definition) is 3. The van der Waals surface area contributed by atoms with Crippen LogP contribution in [0.2, 0.25) is 0 Å². The van der Waals surface area contributed by atoms with Gasteiger partial charge in [0.1, 0.15) is 21.4 Å². The summed E-state index contributed by atoms with van der Waals surface area (Å²) in [6, 6.07) is 10.1. The van der Waals surface area contributed by atoms with Crippen LogP contribution in [0.15, 0.2) is 42.7 Å². The molecule has 11 heteroatoms. The molecule has 4 rings (SSSR count). The molecule has 2 aromatic heterocycles. The molecule has 0 unspecified atom stereocenters. The molecule has 0 aliphatic heterocycles. The van der Waals surface area contributed by atoms with Gasteiger partial charge in [-0.3, -0.25) is 4.79 Å². The van der Waals surface area contributed by atoms with Crippen LogP contribution in [0.25, 0.3) is 16.7 Å². The molecule has 1 aliphatic rings.